The third-order valence-electron chi connectivity index (χ3n) is 1.92. The summed E-state index contributed by atoms with van der Waals surface area (Å²) >= 11 is 6.76. The maximum absolute atomic E-state index is 5.69. The van der Waals surface area contributed by atoms with E-state index in [0.29, 0.717) is 17.3 Å². The Labute approximate surface area is 114 Å². The molecule has 2 aromatic rings. The molecule has 0 bridgehead atoms. The van der Waals surface area contributed by atoms with Gasteiger partial charge in [-0.25, -0.2) is 0 Å². The zero-order chi connectivity index (χ0) is 12.4. The number of hydrogen-bond acceptors (Lipinski definition) is 5. The number of nitrogens with two attached hydrogens (primary N) is 1. The predicted octanol–water partition coefficient (Wildman–Crippen LogP) is 1.90. The summed E-state index contributed by atoms with van der Waals surface area (Å²) in [7, 11) is 1.70. The molecule has 1 heterocycles. The number of aromatic nitrogens is 4. The third kappa shape index (κ3) is 2.95. The molecular weight excluding hydrogens is 354 g/mol. The van der Waals surface area contributed by atoms with Crippen molar-refractivity contribution in [2.24, 2.45) is 7.05 Å². The van der Waals surface area contributed by atoms with Crippen LogP contribution in [0.3, 0.4) is 0 Å². The molecule has 0 unspecified atom stereocenters. The van der Waals surface area contributed by atoms with E-state index in [2.05, 4.69) is 47.3 Å². The van der Waals surface area contributed by atoms with E-state index in [1.807, 2.05) is 0 Å². The summed E-state index contributed by atoms with van der Waals surface area (Å²) in [5, 5.41) is 11.6. The second-order valence-electron chi connectivity index (χ2n) is 3.30. The van der Waals surface area contributed by atoms with E-state index >= 15 is 0 Å². The Morgan fingerprint density at radius 2 is 2.00 bits per heavy atom. The third-order valence-corrected chi connectivity index (χ3v) is 3.09. The Bertz CT molecular complexity index is 519. The average molecular weight is 363 g/mol. The average Bonchev–Trinajstić information content (AvgIpc) is 2.62. The first-order valence-electron chi connectivity index (χ1n) is 4.66. The topological polar surface area (TPSA) is 78.8 Å². The van der Waals surface area contributed by atoms with Crippen molar-refractivity contribution in [1.29, 1.82) is 0 Å². The lowest BCUT2D eigenvalue weighted by Crippen LogP contribution is -2.00. The van der Waals surface area contributed by atoms with Gasteiger partial charge in [-0.05, 0) is 49.2 Å². The van der Waals surface area contributed by atoms with Gasteiger partial charge in [0.2, 0.25) is 5.82 Å². The van der Waals surface area contributed by atoms with Crippen molar-refractivity contribution in [3.05, 3.63) is 26.9 Å². The Balaban J connectivity index is 2.14. The van der Waals surface area contributed by atoms with Crippen LogP contribution in [0, 0.1) is 0 Å². The largest absolute Gasteiger partial charge is 0.483 e. The molecule has 0 fully saturated rings. The van der Waals surface area contributed by atoms with Crippen LogP contribution in [-0.4, -0.2) is 20.2 Å². The number of halogens is 2. The fraction of sp³-hybridized carbons (Fsp3) is 0.222. The van der Waals surface area contributed by atoms with Crippen LogP contribution in [0.1, 0.15) is 5.82 Å². The van der Waals surface area contributed by atoms with Gasteiger partial charge in [-0.2, -0.15) is 4.80 Å². The molecule has 0 radical (unpaired) electrons. The highest BCUT2D eigenvalue weighted by molar-refractivity contribution is 9.11. The van der Waals surface area contributed by atoms with Gasteiger partial charge >= 0.3 is 0 Å². The Morgan fingerprint density at radius 3 is 2.53 bits per heavy atom. The van der Waals surface area contributed by atoms with Gasteiger partial charge in [-0.1, -0.05) is 0 Å². The number of rotatable bonds is 3. The summed E-state index contributed by atoms with van der Waals surface area (Å²) in [6.07, 6.45) is 0. The van der Waals surface area contributed by atoms with E-state index in [4.69, 9.17) is 10.5 Å². The molecule has 0 saturated carbocycles. The number of aryl methyl sites for hydroxylation is 1. The van der Waals surface area contributed by atoms with Gasteiger partial charge in [-0.15, -0.1) is 10.2 Å². The number of nitrogen functional groups attached to an aromatic ring is 1. The Hall–Kier alpha value is -1.15. The summed E-state index contributed by atoms with van der Waals surface area (Å²) in [6.45, 7) is 0.245. The van der Waals surface area contributed by atoms with Crippen molar-refractivity contribution in [2.45, 2.75) is 6.61 Å². The molecule has 0 aliphatic rings. The minimum atomic E-state index is 0.245. The zero-order valence-corrected chi connectivity index (χ0v) is 12.1. The lowest BCUT2D eigenvalue weighted by molar-refractivity contribution is 0.291. The van der Waals surface area contributed by atoms with Crippen molar-refractivity contribution in [2.75, 3.05) is 5.73 Å². The molecule has 1 aromatic carbocycles. The zero-order valence-electron chi connectivity index (χ0n) is 8.89. The number of hydrogen-bond donors (Lipinski definition) is 1. The van der Waals surface area contributed by atoms with Gasteiger partial charge in [0.1, 0.15) is 5.75 Å². The van der Waals surface area contributed by atoms with Crippen LogP contribution in [0.2, 0.25) is 0 Å². The highest BCUT2D eigenvalue weighted by atomic mass is 79.9. The van der Waals surface area contributed by atoms with Crippen LogP contribution in [0.5, 0.6) is 5.75 Å². The summed E-state index contributed by atoms with van der Waals surface area (Å²) in [5.41, 5.74) is 6.33. The van der Waals surface area contributed by atoms with Crippen molar-refractivity contribution >= 4 is 37.5 Å². The molecule has 90 valence electrons. The molecule has 6 nitrogen and oxygen atoms in total. The summed E-state index contributed by atoms with van der Waals surface area (Å²) in [5.74, 6) is 1.18. The molecule has 0 aliphatic heterocycles. The van der Waals surface area contributed by atoms with E-state index in [1.165, 1.54) is 4.80 Å². The fourth-order valence-corrected chi connectivity index (χ4v) is 2.69. The lowest BCUT2D eigenvalue weighted by atomic mass is 10.3. The van der Waals surface area contributed by atoms with Gasteiger partial charge in [0, 0.05) is 5.69 Å². The van der Waals surface area contributed by atoms with E-state index in [-0.39, 0.29) is 6.61 Å². The molecule has 0 aliphatic carbocycles. The quantitative estimate of drug-likeness (QED) is 0.843. The molecule has 17 heavy (non-hydrogen) atoms. The SMILES string of the molecule is Cn1nnc(COc2c(Br)cc(N)cc2Br)n1. The van der Waals surface area contributed by atoms with E-state index < -0.39 is 0 Å². The van der Waals surface area contributed by atoms with Crippen LogP contribution in [0.15, 0.2) is 21.1 Å². The highest BCUT2D eigenvalue weighted by Gasteiger charge is 2.09. The van der Waals surface area contributed by atoms with E-state index in [1.54, 1.807) is 19.2 Å². The lowest BCUT2D eigenvalue weighted by Gasteiger charge is -2.09. The fourth-order valence-electron chi connectivity index (χ4n) is 1.24. The van der Waals surface area contributed by atoms with Crippen LogP contribution < -0.4 is 10.5 Å². The minimum absolute atomic E-state index is 0.245. The normalized spacial score (nSPS) is 10.5. The number of tetrazole rings is 1. The van der Waals surface area contributed by atoms with Gasteiger partial charge in [0.15, 0.2) is 6.61 Å². The molecule has 0 spiro atoms. The number of benzene rings is 1. The first-order valence-corrected chi connectivity index (χ1v) is 6.25. The maximum atomic E-state index is 5.69. The predicted molar refractivity (Wildman–Crippen MR) is 69.4 cm³/mol. The van der Waals surface area contributed by atoms with Crippen molar-refractivity contribution < 1.29 is 4.74 Å². The second kappa shape index (κ2) is 5.01. The second-order valence-corrected chi connectivity index (χ2v) is 5.01. The summed E-state index contributed by atoms with van der Waals surface area (Å²) in [4.78, 5) is 1.38. The molecule has 2 rings (SSSR count). The highest BCUT2D eigenvalue weighted by Crippen LogP contribution is 2.35. The maximum Gasteiger partial charge on any atom is 0.212 e. The van der Waals surface area contributed by atoms with Crippen LogP contribution >= 0.6 is 31.9 Å². The molecule has 0 saturated heterocycles. The van der Waals surface area contributed by atoms with Crippen molar-refractivity contribution in [1.82, 2.24) is 20.2 Å². The van der Waals surface area contributed by atoms with Gasteiger partial charge in [0.25, 0.3) is 0 Å². The standard InChI is InChI=1S/C9H9Br2N5O/c1-16-14-8(13-15-16)4-17-9-6(10)2-5(12)3-7(9)11/h2-3H,4,12H2,1H3. The number of anilines is 1. The smallest absolute Gasteiger partial charge is 0.212 e. The first-order chi connectivity index (χ1) is 8.06. The van der Waals surface area contributed by atoms with E-state index in [9.17, 15) is 0 Å². The van der Waals surface area contributed by atoms with Crippen LogP contribution in [0.4, 0.5) is 5.69 Å². The molecule has 1 aromatic heterocycles. The molecule has 0 atom stereocenters. The van der Waals surface area contributed by atoms with Crippen LogP contribution in [0.25, 0.3) is 0 Å². The minimum Gasteiger partial charge on any atom is -0.483 e. The van der Waals surface area contributed by atoms with Gasteiger partial charge in [-0.3, -0.25) is 0 Å². The summed E-state index contributed by atoms with van der Waals surface area (Å²) in [6, 6.07) is 3.54. The van der Waals surface area contributed by atoms with E-state index in [0.717, 1.165) is 8.95 Å². The van der Waals surface area contributed by atoms with Gasteiger partial charge in [0.05, 0.1) is 16.0 Å². The Morgan fingerprint density at radius 1 is 1.35 bits per heavy atom. The number of nitrogens with zero attached hydrogens (tertiary/aromatic N) is 4. The summed E-state index contributed by atoms with van der Waals surface area (Å²) < 4.78 is 7.14. The number of ether oxygens (including phenoxy) is 1. The Kier molecular flexibility index (Phi) is 3.63. The monoisotopic (exact) mass is 361 g/mol. The first kappa shape index (κ1) is 12.3. The van der Waals surface area contributed by atoms with Crippen LogP contribution in [-0.2, 0) is 13.7 Å². The molecule has 8 heteroatoms. The van der Waals surface area contributed by atoms with Gasteiger partial charge < -0.3 is 10.5 Å². The molecule has 0 amide bonds. The van der Waals surface area contributed by atoms with Crippen molar-refractivity contribution in [3.8, 4) is 5.75 Å². The molecular formula is C9H9Br2N5O. The molecule has 2 N–H and O–H groups in total. The van der Waals surface area contributed by atoms with Crippen molar-refractivity contribution in [3.63, 3.8) is 0 Å².